The molecule has 0 fully saturated rings. The highest BCUT2D eigenvalue weighted by atomic mass is 35.5. The maximum Gasteiger partial charge on any atom is 0.332 e. The Labute approximate surface area is 151 Å². The topological polar surface area (TPSA) is 97.1 Å². The van der Waals surface area contributed by atoms with Gasteiger partial charge in [-0.15, -0.1) is 0 Å². The van der Waals surface area contributed by atoms with Crippen LogP contribution in [0.2, 0.25) is 5.02 Å². The highest BCUT2D eigenvalue weighted by Crippen LogP contribution is 2.29. The van der Waals surface area contributed by atoms with Crippen molar-refractivity contribution in [1.29, 1.82) is 0 Å². The number of carbonyl (C=O) groups excluding carboxylic acids is 1. The minimum absolute atomic E-state index is 0.124. The van der Waals surface area contributed by atoms with Gasteiger partial charge in [-0.1, -0.05) is 11.6 Å². The summed E-state index contributed by atoms with van der Waals surface area (Å²) in [7, 11) is 0. The van der Waals surface area contributed by atoms with Gasteiger partial charge in [0.25, 0.3) is 0 Å². The van der Waals surface area contributed by atoms with Gasteiger partial charge < -0.3 is 18.9 Å². The fourth-order valence-corrected chi connectivity index (χ4v) is 1.88. The van der Waals surface area contributed by atoms with Crippen molar-refractivity contribution in [3.05, 3.63) is 33.3 Å². The SMILES string of the molecule is CC(C)(C)OC(=O)COCCOCCOc1ccc(Cl)cc1[N+](=O)[O-]. The molecule has 0 N–H and O–H groups in total. The second-order valence-electron chi connectivity index (χ2n) is 5.97. The number of ether oxygens (including phenoxy) is 4. The lowest BCUT2D eigenvalue weighted by atomic mass is 10.2. The quantitative estimate of drug-likeness (QED) is 0.268. The maximum atomic E-state index is 11.4. The summed E-state index contributed by atoms with van der Waals surface area (Å²) in [5.74, 6) is -0.315. The summed E-state index contributed by atoms with van der Waals surface area (Å²) < 4.78 is 20.8. The Bertz CT molecular complexity index is 586. The first kappa shape index (κ1) is 21.1. The van der Waals surface area contributed by atoms with Crippen LogP contribution < -0.4 is 4.74 Å². The molecular formula is C16H22ClNO7. The molecule has 8 nitrogen and oxygen atoms in total. The van der Waals surface area contributed by atoms with Crippen molar-refractivity contribution in [1.82, 2.24) is 0 Å². The first-order valence-electron chi connectivity index (χ1n) is 7.63. The van der Waals surface area contributed by atoms with Crippen LogP contribution in [0.15, 0.2) is 18.2 Å². The van der Waals surface area contributed by atoms with E-state index in [2.05, 4.69) is 0 Å². The third-order valence-corrected chi connectivity index (χ3v) is 2.85. The monoisotopic (exact) mass is 375 g/mol. The number of hydrogen-bond donors (Lipinski definition) is 0. The molecule has 0 aliphatic rings. The second kappa shape index (κ2) is 10.2. The zero-order valence-electron chi connectivity index (χ0n) is 14.5. The van der Waals surface area contributed by atoms with Gasteiger partial charge in [0, 0.05) is 11.1 Å². The standard InChI is InChI=1S/C16H22ClNO7/c1-16(2,3)25-15(19)11-23-7-6-22-8-9-24-14-5-4-12(17)10-13(14)18(20)21/h4-5,10H,6-9,11H2,1-3H3. The molecule has 140 valence electrons. The second-order valence-corrected chi connectivity index (χ2v) is 6.41. The smallest absolute Gasteiger partial charge is 0.332 e. The van der Waals surface area contributed by atoms with Crippen LogP contribution in [0.25, 0.3) is 0 Å². The zero-order chi connectivity index (χ0) is 18.9. The molecule has 0 bridgehead atoms. The number of rotatable bonds is 10. The van der Waals surface area contributed by atoms with Crippen molar-refractivity contribution in [3.8, 4) is 5.75 Å². The van der Waals surface area contributed by atoms with E-state index in [-0.39, 0.29) is 49.5 Å². The first-order valence-corrected chi connectivity index (χ1v) is 8.01. The van der Waals surface area contributed by atoms with Gasteiger partial charge in [0.2, 0.25) is 0 Å². The molecule has 0 aliphatic heterocycles. The molecule has 0 saturated carbocycles. The Balaban J connectivity index is 2.15. The van der Waals surface area contributed by atoms with Gasteiger partial charge >= 0.3 is 11.7 Å². The van der Waals surface area contributed by atoms with Crippen LogP contribution in [-0.2, 0) is 19.0 Å². The van der Waals surface area contributed by atoms with Crippen LogP contribution in [0, 0.1) is 10.1 Å². The third-order valence-electron chi connectivity index (χ3n) is 2.61. The number of nitro groups is 1. The van der Waals surface area contributed by atoms with Crippen molar-refractivity contribution in [2.24, 2.45) is 0 Å². The van der Waals surface area contributed by atoms with E-state index < -0.39 is 16.5 Å². The normalized spacial score (nSPS) is 11.2. The number of esters is 1. The van der Waals surface area contributed by atoms with Crippen LogP contribution in [0.1, 0.15) is 20.8 Å². The lowest BCUT2D eigenvalue weighted by Gasteiger charge is -2.19. The van der Waals surface area contributed by atoms with E-state index in [4.69, 9.17) is 30.5 Å². The number of benzene rings is 1. The summed E-state index contributed by atoms with van der Waals surface area (Å²) in [5.41, 5.74) is -0.744. The van der Waals surface area contributed by atoms with Crippen LogP contribution in [-0.4, -0.2) is 49.5 Å². The van der Waals surface area contributed by atoms with Gasteiger partial charge in [-0.05, 0) is 32.9 Å². The molecule has 25 heavy (non-hydrogen) atoms. The van der Waals surface area contributed by atoms with Crippen LogP contribution in [0.5, 0.6) is 5.75 Å². The van der Waals surface area contributed by atoms with Gasteiger partial charge in [-0.25, -0.2) is 4.79 Å². The largest absolute Gasteiger partial charge is 0.484 e. The number of nitro benzene ring substituents is 1. The molecule has 0 amide bonds. The van der Waals surface area contributed by atoms with Gasteiger partial charge in [0.15, 0.2) is 5.75 Å². The molecule has 0 heterocycles. The van der Waals surface area contributed by atoms with E-state index in [1.807, 2.05) is 0 Å². The molecule has 0 atom stereocenters. The Morgan fingerprint density at radius 3 is 2.44 bits per heavy atom. The summed E-state index contributed by atoms with van der Waals surface area (Å²) in [5, 5.41) is 11.2. The van der Waals surface area contributed by atoms with Crippen molar-refractivity contribution < 1.29 is 28.7 Å². The molecule has 0 radical (unpaired) electrons. The average molecular weight is 376 g/mol. The fourth-order valence-electron chi connectivity index (χ4n) is 1.71. The Kier molecular flexibility index (Phi) is 8.60. The summed E-state index contributed by atoms with van der Waals surface area (Å²) >= 11 is 5.72. The summed E-state index contributed by atoms with van der Waals surface area (Å²) in [4.78, 5) is 21.7. The minimum atomic E-state index is -0.563. The molecule has 0 unspecified atom stereocenters. The molecule has 0 aromatic heterocycles. The number of hydrogen-bond acceptors (Lipinski definition) is 7. The van der Waals surface area contributed by atoms with Crippen LogP contribution >= 0.6 is 11.6 Å². The Morgan fingerprint density at radius 1 is 1.16 bits per heavy atom. The van der Waals surface area contributed by atoms with Crippen molar-refractivity contribution in [2.45, 2.75) is 26.4 Å². The highest BCUT2D eigenvalue weighted by molar-refractivity contribution is 6.30. The molecule has 1 aromatic carbocycles. The number of nitrogens with zero attached hydrogens (tertiary/aromatic N) is 1. The van der Waals surface area contributed by atoms with E-state index in [9.17, 15) is 14.9 Å². The molecule has 9 heteroatoms. The summed E-state index contributed by atoms with van der Waals surface area (Å²) in [6, 6.07) is 4.17. The first-order chi connectivity index (χ1) is 11.7. The van der Waals surface area contributed by atoms with Crippen molar-refractivity contribution >= 4 is 23.3 Å². The molecular weight excluding hydrogens is 354 g/mol. The van der Waals surface area contributed by atoms with E-state index in [0.29, 0.717) is 0 Å². The van der Waals surface area contributed by atoms with E-state index in [1.54, 1.807) is 20.8 Å². The Morgan fingerprint density at radius 2 is 1.80 bits per heavy atom. The lowest BCUT2D eigenvalue weighted by Crippen LogP contribution is -2.27. The van der Waals surface area contributed by atoms with Gasteiger partial charge in [-0.3, -0.25) is 10.1 Å². The van der Waals surface area contributed by atoms with Crippen LogP contribution in [0.3, 0.4) is 0 Å². The molecule has 0 aliphatic carbocycles. The van der Waals surface area contributed by atoms with Crippen molar-refractivity contribution in [2.75, 3.05) is 33.0 Å². The maximum absolute atomic E-state index is 11.4. The fraction of sp³-hybridized carbons (Fsp3) is 0.562. The third kappa shape index (κ3) is 9.23. The number of halogens is 1. The van der Waals surface area contributed by atoms with E-state index >= 15 is 0 Å². The van der Waals surface area contributed by atoms with E-state index in [1.165, 1.54) is 18.2 Å². The predicted octanol–water partition coefficient (Wildman–Crippen LogP) is 3.00. The van der Waals surface area contributed by atoms with E-state index in [0.717, 1.165) is 0 Å². The van der Waals surface area contributed by atoms with Gasteiger partial charge in [-0.2, -0.15) is 0 Å². The summed E-state index contributed by atoms with van der Waals surface area (Å²) in [6.45, 7) is 6.02. The number of carbonyl (C=O) groups is 1. The molecule has 0 spiro atoms. The highest BCUT2D eigenvalue weighted by Gasteiger charge is 2.16. The van der Waals surface area contributed by atoms with Gasteiger partial charge in [0.05, 0.1) is 24.7 Å². The summed E-state index contributed by atoms with van der Waals surface area (Å²) in [6.07, 6.45) is 0. The van der Waals surface area contributed by atoms with Crippen molar-refractivity contribution in [3.63, 3.8) is 0 Å². The van der Waals surface area contributed by atoms with Gasteiger partial charge in [0.1, 0.15) is 18.8 Å². The molecule has 1 rings (SSSR count). The zero-order valence-corrected chi connectivity index (χ0v) is 15.2. The average Bonchev–Trinajstić information content (AvgIpc) is 2.49. The lowest BCUT2D eigenvalue weighted by molar-refractivity contribution is -0.385. The molecule has 0 saturated heterocycles. The molecule has 1 aromatic rings. The Hall–Kier alpha value is -1.90. The predicted molar refractivity (Wildman–Crippen MR) is 91.1 cm³/mol. The minimum Gasteiger partial charge on any atom is -0.484 e. The van der Waals surface area contributed by atoms with Crippen LogP contribution in [0.4, 0.5) is 5.69 Å².